The highest BCUT2D eigenvalue weighted by molar-refractivity contribution is 7.90. The van der Waals surface area contributed by atoms with Gasteiger partial charge in [-0.05, 0) is 115 Å². The number of carbonyl (C=O) groups is 2. The van der Waals surface area contributed by atoms with Crippen molar-refractivity contribution in [2.75, 3.05) is 27.2 Å². The van der Waals surface area contributed by atoms with Crippen LogP contribution in [-0.2, 0) is 16.6 Å². The third-order valence-corrected chi connectivity index (χ3v) is 13.5. The molecule has 2 aliphatic heterocycles. The number of hydrogen-bond acceptors (Lipinski definition) is 8. The maximum absolute atomic E-state index is 14.5. The molecule has 2 fully saturated rings. The van der Waals surface area contributed by atoms with Gasteiger partial charge in [-0.2, -0.15) is 0 Å². The first-order valence-corrected chi connectivity index (χ1v) is 20.8. The zero-order valence-corrected chi connectivity index (χ0v) is 33.5. The summed E-state index contributed by atoms with van der Waals surface area (Å²) >= 11 is 0. The van der Waals surface area contributed by atoms with Gasteiger partial charge in [-0.1, -0.05) is 30.5 Å². The van der Waals surface area contributed by atoms with Gasteiger partial charge in [-0.25, -0.2) is 17.8 Å². The summed E-state index contributed by atoms with van der Waals surface area (Å²) in [7, 11) is -0.0922. The number of nitrogens with one attached hydrogen (secondary N) is 1. The molecule has 2 unspecified atom stereocenters. The highest BCUT2D eigenvalue weighted by atomic mass is 32.2. The number of likely N-dealkylation sites (N-methyl/N-ethyl adjacent to an activating group) is 1. The van der Waals surface area contributed by atoms with E-state index in [-0.39, 0.29) is 29.6 Å². The van der Waals surface area contributed by atoms with Gasteiger partial charge in [0.05, 0.1) is 30.3 Å². The van der Waals surface area contributed by atoms with Gasteiger partial charge in [-0.3, -0.25) is 14.5 Å². The van der Waals surface area contributed by atoms with Crippen LogP contribution in [0.3, 0.4) is 0 Å². The van der Waals surface area contributed by atoms with Crippen LogP contribution in [0.2, 0.25) is 0 Å². The van der Waals surface area contributed by atoms with Crippen molar-refractivity contribution < 1.29 is 22.7 Å². The van der Waals surface area contributed by atoms with E-state index in [1.54, 1.807) is 27.0 Å². The Kier molecular flexibility index (Phi) is 10.2. The Labute approximate surface area is 318 Å². The minimum atomic E-state index is -3.85. The van der Waals surface area contributed by atoms with Crippen LogP contribution in [0.1, 0.15) is 123 Å². The van der Waals surface area contributed by atoms with Crippen molar-refractivity contribution in [3.05, 3.63) is 64.5 Å². The number of rotatable bonds is 8. The number of methoxy groups -OCH3 is 1. The number of sulfonamides is 1. The first-order chi connectivity index (χ1) is 25.7. The van der Waals surface area contributed by atoms with E-state index in [0.717, 1.165) is 59.0 Å². The van der Waals surface area contributed by atoms with Gasteiger partial charge in [-0.15, -0.1) is 5.10 Å². The highest BCUT2D eigenvalue weighted by Gasteiger charge is 2.36. The minimum absolute atomic E-state index is 0.0924. The van der Waals surface area contributed by atoms with Crippen molar-refractivity contribution >= 4 is 44.4 Å². The molecule has 54 heavy (non-hydrogen) atoms. The van der Waals surface area contributed by atoms with Gasteiger partial charge in [0.25, 0.3) is 11.8 Å². The molecular weight excluding hydrogens is 703 g/mol. The Morgan fingerprint density at radius 1 is 0.944 bits per heavy atom. The molecule has 1 N–H and O–H groups in total. The van der Waals surface area contributed by atoms with Crippen molar-refractivity contribution in [2.24, 2.45) is 0 Å². The lowest BCUT2D eigenvalue weighted by Crippen LogP contribution is -2.56. The Bertz CT molecular complexity index is 2230. The normalized spacial score (nSPS) is 19.8. The molecule has 288 valence electrons. The predicted octanol–water partition coefficient (Wildman–Crippen LogP) is 6.72. The Morgan fingerprint density at radius 2 is 1.65 bits per heavy atom. The molecule has 7 rings (SSSR count). The average molecular weight is 756 g/mol. The fraction of sp³-hybridized carbons (Fsp3) is 0.512. The molecular formula is C41H53N7O5S. The van der Waals surface area contributed by atoms with Gasteiger partial charge in [0.2, 0.25) is 10.0 Å². The number of amides is 2. The summed E-state index contributed by atoms with van der Waals surface area (Å²) < 4.78 is 37.7. The largest absolute Gasteiger partial charge is 0.497 e. The molecule has 1 aliphatic carbocycles. The van der Waals surface area contributed by atoms with Crippen molar-refractivity contribution in [3.8, 4) is 17.0 Å². The number of benzene rings is 2. The van der Waals surface area contributed by atoms with E-state index in [0.29, 0.717) is 42.7 Å². The fourth-order valence-electron chi connectivity index (χ4n) is 8.45. The molecule has 2 atom stereocenters. The van der Waals surface area contributed by atoms with Crippen LogP contribution in [0.25, 0.3) is 33.8 Å². The number of ether oxygens (including phenoxy) is 1. The van der Waals surface area contributed by atoms with Gasteiger partial charge in [0.1, 0.15) is 5.75 Å². The third-order valence-electron chi connectivity index (χ3n) is 11.7. The van der Waals surface area contributed by atoms with E-state index < -0.39 is 21.2 Å². The number of hydrogen-bond donors (Lipinski definition) is 1. The van der Waals surface area contributed by atoms with Crippen LogP contribution in [-0.4, -0.2) is 94.2 Å². The number of aromatic nitrogens is 4. The summed E-state index contributed by atoms with van der Waals surface area (Å²) in [5.41, 5.74) is 7.18. The van der Waals surface area contributed by atoms with Crippen LogP contribution in [0.15, 0.2) is 36.4 Å². The Balaban J connectivity index is 1.46. The van der Waals surface area contributed by atoms with Crippen LogP contribution in [0, 0.1) is 0 Å². The Morgan fingerprint density at radius 3 is 2.30 bits per heavy atom. The van der Waals surface area contributed by atoms with E-state index in [4.69, 9.17) is 4.74 Å². The smallest absolute Gasteiger partial charge is 0.276 e. The zero-order chi connectivity index (χ0) is 38.6. The molecule has 2 aromatic carbocycles. The molecule has 0 radical (unpaired) electrons. The van der Waals surface area contributed by atoms with E-state index in [1.807, 2.05) is 47.7 Å². The standard InChI is InChI=1S/C41H53N7O5S/c1-24(2)48-38(37(42-44-48)41(50)46-21-26(5)45(7)27(6)22-46)31-18-30-19-32(53-8)15-17-33(30)39-36(28-12-10-9-11-13-28)34-16-14-29(20-35(34)47(39)23-31)40(49)43-54(51,52)25(3)4/h14-20,24-28H,9-13,21-23H2,1-8H3,(H,43,49). The lowest BCUT2D eigenvalue weighted by molar-refractivity contribution is 0.0409. The summed E-state index contributed by atoms with van der Waals surface area (Å²) in [5, 5.41) is 9.45. The fourth-order valence-corrected chi connectivity index (χ4v) is 9.06. The summed E-state index contributed by atoms with van der Waals surface area (Å²) in [4.78, 5) is 32.3. The van der Waals surface area contributed by atoms with Crippen molar-refractivity contribution in [1.82, 2.24) is 34.1 Å². The van der Waals surface area contributed by atoms with Crippen molar-refractivity contribution in [1.29, 1.82) is 0 Å². The molecule has 0 bridgehead atoms. The number of allylic oxidation sites excluding steroid dienone is 1. The molecule has 2 aromatic heterocycles. The molecule has 1 saturated heterocycles. The molecule has 4 heterocycles. The number of carbonyl (C=O) groups excluding carboxylic acids is 2. The van der Waals surface area contributed by atoms with Crippen LogP contribution in [0.4, 0.5) is 0 Å². The molecule has 3 aliphatic rings. The molecule has 13 heteroatoms. The van der Waals surface area contributed by atoms with Gasteiger partial charge in [0, 0.05) is 58.8 Å². The maximum Gasteiger partial charge on any atom is 0.276 e. The first-order valence-electron chi connectivity index (χ1n) is 19.3. The van der Waals surface area contributed by atoms with Crippen molar-refractivity contribution in [3.63, 3.8) is 0 Å². The van der Waals surface area contributed by atoms with E-state index in [2.05, 4.69) is 57.5 Å². The summed E-state index contributed by atoms with van der Waals surface area (Å²) in [6, 6.07) is 11.9. The first kappa shape index (κ1) is 37.8. The highest BCUT2D eigenvalue weighted by Crippen LogP contribution is 2.48. The maximum atomic E-state index is 14.5. The second kappa shape index (κ2) is 14.6. The van der Waals surface area contributed by atoms with Crippen LogP contribution >= 0.6 is 0 Å². The molecule has 12 nitrogen and oxygen atoms in total. The molecule has 0 spiro atoms. The van der Waals surface area contributed by atoms with Gasteiger partial charge >= 0.3 is 0 Å². The van der Waals surface area contributed by atoms with Gasteiger partial charge < -0.3 is 14.2 Å². The second-order valence-electron chi connectivity index (χ2n) is 16.0. The lowest BCUT2D eigenvalue weighted by atomic mass is 9.81. The summed E-state index contributed by atoms with van der Waals surface area (Å²) in [6.07, 6.45) is 7.72. The molecule has 4 aromatic rings. The summed E-state index contributed by atoms with van der Waals surface area (Å²) in [5.74, 6) is 0.202. The lowest BCUT2D eigenvalue weighted by Gasteiger charge is -2.42. The van der Waals surface area contributed by atoms with E-state index >= 15 is 0 Å². The quantitative estimate of drug-likeness (QED) is 0.210. The van der Waals surface area contributed by atoms with Crippen LogP contribution in [0.5, 0.6) is 5.75 Å². The Hall–Kier alpha value is -4.49. The van der Waals surface area contributed by atoms with E-state index in [1.165, 1.54) is 12.0 Å². The summed E-state index contributed by atoms with van der Waals surface area (Å²) in [6.45, 7) is 13.0. The zero-order valence-electron chi connectivity index (χ0n) is 32.7. The number of nitrogens with zero attached hydrogens (tertiary/aromatic N) is 6. The predicted molar refractivity (Wildman–Crippen MR) is 212 cm³/mol. The number of piperazine rings is 1. The van der Waals surface area contributed by atoms with Gasteiger partial charge in [0.15, 0.2) is 5.69 Å². The monoisotopic (exact) mass is 755 g/mol. The number of fused-ring (bicyclic) bond motifs is 5. The molecule has 1 saturated carbocycles. The van der Waals surface area contributed by atoms with E-state index in [9.17, 15) is 18.0 Å². The SMILES string of the molecule is COc1ccc2c(c1)C=C(c1c(C(=O)N3CC(C)N(C)C(C)C3)nnn1C(C)C)Cn1c-2c(C2CCCCC2)c2ccc(C(=O)NS(=O)(=O)C(C)C)cc21. The third kappa shape index (κ3) is 6.74. The van der Waals surface area contributed by atoms with Crippen molar-refractivity contribution in [2.45, 2.75) is 109 Å². The molecule has 2 amide bonds. The van der Waals surface area contributed by atoms with Crippen LogP contribution < -0.4 is 9.46 Å². The second-order valence-corrected chi connectivity index (χ2v) is 18.2. The topological polar surface area (TPSA) is 132 Å². The minimum Gasteiger partial charge on any atom is -0.497 e. The average Bonchev–Trinajstić information content (AvgIpc) is 3.68.